The van der Waals surface area contributed by atoms with Gasteiger partial charge in [-0.25, -0.2) is 8.97 Å². The first kappa shape index (κ1) is 5.69. The molecule has 3 aliphatic heterocycles. The van der Waals surface area contributed by atoms with Crippen LogP contribution >= 0.6 is 0 Å². The number of fused-ring (bicyclic) bond motifs is 1. The molecule has 0 N–H and O–H groups in total. The average molecular weight is 128 g/mol. The van der Waals surface area contributed by atoms with E-state index in [1.807, 2.05) is 0 Å². The standard InChI is InChI=1S/C7H16N2/c1-3-9-5-4-8(2,6-9)7-9/h3-7H2,1-2H3/q+2. The fraction of sp³-hybridized carbons (Fsp3) is 1.00. The Kier molecular flexibility index (Phi) is 0.837. The molecule has 2 nitrogen and oxygen atoms in total. The summed E-state index contributed by atoms with van der Waals surface area (Å²) in [6.45, 7) is 9.36. The first-order chi connectivity index (χ1) is 4.18. The number of rotatable bonds is 1. The molecular formula is C7H16N2+2. The topological polar surface area (TPSA) is 0 Å². The maximum absolute atomic E-state index is 2.37. The number of quaternary nitrogens is 2. The van der Waals surface area contributed by atoms with Crippen LogP contribution in [0.2, 0.25) is 0 Å². The van der Waals surface area contributed by atoms with Crippen LogP contribution in [0.25, 0.3) is 0 Å². The van der Waals surface area contributed by atoms with E-state index in [0.717, 1.165) is 0 Å². The minimum Gasteiger partial charge on any atom is -0.229 e. The third-order valence-electron chi connectivity index (χ3n) is 3.07. The average Bonchev–Trinajstić information content (AvgIpc) is 2.20. The predicted octanol–water partition coefficient (Wildman–Crippen LogP) is 0.212. The predicted molar refractivity (Wildman–Crippen MR) is 36.5 cm³/mol. The SMILES string of the molecule is CC[N+]12CC[N+](C)(C1)C2. The fourth-order valence-electron chi connectivity index (χ4n) is 2.50. The van der Waals surface area contributed by atoms with Gasteiger partial charge in [-0.2, -0.15) is 0 Å². The summed E-state index contributed by atoms with van der Waals surface area (Å²) in [5.41, 5.74) is 0. The van der Waals surface area contributed by atoms with Gasteiger partial charge in [0, 0.05) is 0 Å². The molecule has 0 saturated carbocycles. The number of hydrogen-bond donors (Lipinski definition) is 0. The highest BCUT2D eigenvalue weighted by Crippen LogP contribution is 2.33. The third kappa shape index (κ3) is 0.578. The van der Waals surface area contributed by atoms with Crippen LogP contribution in [0.4, 0.5) is 0 Å². The Labute approximate surface area is 56.9 Å². The number of likely N-dealkylation sites (N-methyl/N-ethyl adjacent to an activating group) is 2. The molecule has 0 radical (unpaired) electrons. The smallest absolute Gasteiger partial charge is 0.216 e. The van der Waals surface area contributed by atoms with Crippen molar-refractivity contribution in [2.24, 2.45) is 0 Å². The van der Waals surface area contributed by atoms with Gasteiger partial charge in [-0.15, -0.1) is 0 Å². The molecule has 3 rings (SSSR count). The van der Waals surface area contributed by atoms with E-state index in [2.05, 4.69) is 14.0 Å². The van der Waals surface area contributed by atoms with Gasteiger partial charge >= 0.3 is 0 Å². The lowest BCUT2D eigenvalue weighted by molar-refractivity contribution is -1.21. The quantitative estimate of drug-likeness (QED) is 0.443. The number of nitrogens with zero attached hydrogens (tertiary/aromatic N) is 2. The molecule has 0 amide bonds. The zero-order valence-electron chi connectivity index (χ0n) is 6.43. The van der Waals surface area contributed by atoms with Gasteiger partial charge in [0.25, 0.3) is 0 Å². The van der Waals surface area contributed by atoms with Gasteiger partial charge in [0.2, 0.25) is 13.3 Å². The fourth-order valence-corrected chi connectivity index (χ4v) is 2.50. The summed E-state index contributed by atoms with van der Waals surface area (Å²) in [5, 5.41) is 0. The van der Waals surface area contributed by atoms with Gasteiger partial charge in [-0.3, -0.25) is 0 Å². The Bertz CT molecular complexity index is 136. The molecule has 2 heteroatoms. The van der Waals surface area contributed by atoms with Crippen molar-refractivity contribution in [3.8, 4) is 0 Å². The van der Waals surface area contributed by atoms with Crippen LogP contribution in [0.5, 0.6) is 0 Å². The van der Waals surface area contributed by atoms with Crippen LogP contribution in [0.1, 0.15) is 6.92 Å². The molecule has 3 heterocycles. The Balaban J connectivity index is 2.12. The van der Waals surface area contributed by atoms with E-state index in [-0.39, 0.29) is 0 Å². The van der Waals surface area contributed by atoms with Crippen LogP contribution < -0.4 is 0 Å². The van der Waals surface area contributed by atoms with Gasteiger partial charge in [0.05, 0.1) is 13.6 Å². The molecule has 9 heavy (non-hydrogen) atoms. The highest BCUT2D eigenvalue weighted by atomic mass is 15.7. The zero-order valence-corrected chi connectivity index (χ0v) is 6.43. The summed E-state index contributed by atoms with van der Waals surface area (Å²) in [7, 11) is 2.37. The van der Waals surface area contributed by atoms with Crippen LogP contribution in [0.15, 0.2) is 0 Å². The largest absolute Gasteiger partial charge is 0.229 e. The Morgan fingerprint density at radius 2 is 1.89 bits per heavy atom. The first-order valence-electron chi connectivity index (χ1n) is 3.87. The van der Waals surface area contributed by atoms with Crippen molar-refractivity contribution in [2.45, 2.75) is 6.92 Å². The molecule has 3 saturated heterocycles. The van der Waals surface area contributed by atoms with E-state index in [1.165, 1.54) is 41.9 Å². The Morgan fingerprint density at radius 1 is 1.22 bits per heavy atom. The summed E-state index contributed by atoms with van der Waals surface area (Å²) in [4.78, 5) is 0. The van der Waals surface area contributed by atoms with E-state index in [9.17, 15) is 0 Å². The van der Waals surface area contributed by atoms with E-state index < -0.39 is 0 Å². The number of hydrogen-bond acceptors (Lipinski definition) is 0. The second kappa shape index (κ2) is 1.32. The van der Waals surface area contributed by atoms with Gasteiger partial charge in [-0.05, 0) is 6.92 Å². The summed E-state index contributed by atoms with van der Waals surface area (Å²) in [6.07, 6.45) is 0. The van der Waals surface area contributed by atoms with Gasteiger partial charge in [-0.1, -0.05) is 0 Å². The monoisotopic (exact) mass is 128 g/mol. The second-order valence-corrected chi connectivity index (χ2v) is 4.01. The molecule has 0 atom stereocenters. The van der Waals surface area contributed by atoms with Gasteiger partial charge in [0.15, 0.2) is 0 Å². The van der Waals surface area contributed by atoms with E-state index in [0.29, 0.717) is 0 Å². The van der Waals surface area contributed by atoms with Crippen molar-refractivity contribution in [1.82, 2.24) is 0 Å². The Morgan fingerprint density at radius 3 is 2.11 bits per heavy atom. The molecule has 0 aliphatic carbocycles. The lowest BCUT2D eigenvalue weighted by atomic mass is 10.4. The maximum Gasteiger partial charge on any atom is 0.216 e. The van der Waals surface area contributed by atoms with Gasteiger partial charge < -0.3 is 0 Å². The van der Waals surface area contributed by atoms with Crippen LogP contribution in [-0.2, 0) is 0 Å². The molecule has 0 spiro atoms. The van der Waals surface area contributed by atoms with Crippen LogP contribution in [0.3, 0.4) is 0 Å². The van der Waals surface area contributed by atoms with Crippen molar-refractivity contribution >= 4 is 0 Å². The van der Waals surface area contributed by atoms with E-state index in [1.54, 1.807) is 0 Å². The normalized spacial score (nSPS) is 55.3. The molecule has 2 bridgehead atoms. The molecule has 52 valence electrons. The van der Waals surface area contributed by atoms with E-state index >= 15 is 0 Å². The van der Waals surface area contributed by atoms with Crippen molar-refractivity contribution in [3.05, 3.63) is 0 Å². The molecule has 0 unspecified atom stereocenters. The highest BCUT2D eigenvalue weighted by Gasteiger charge is 2.59. The van der Waals surface area contributed by atoms with Crippen LogP contribution in [0, 0.1) is 0 Å². The molecule has 0 aromatic carbocycles. The Hall–Kier alpha value is -0.0800. The van der Waals surface area contributed by atoms with Crippen molar-refractivity contribution in [2.75, 3.05) is 40.0 Å². The second-order valence-electron chi connectivity index (χ2n) is 4.01. The summed E-state index contributed by atoms with van der Waals surface area (Å²) >= 11 is 0. The molecule has 0 aromatic heterocycles. The molecule has 3 fully saturated rings. The first-order valence-corrected chi connectivity index (χ1v) is 3.87. The summed E-state index contributed by atoms with van der Waals surface area (Å²) < 4.78 is 2.77. The van der Waals surface area contributed by atoms with Crippen molar-refractivity contribution in [1.29, 1.82) is 0 Å². The highest BCUT2D eigenvalue weighted by molar-refractivity contribution is 4.52. The minimum absolute atomic E-state index is 1.36. The lowest BCUT2D eigenvalue weighted by Crippen LogP contribution is -2.68. The van der Waals surface area contributed by atoms with Crippen molar-refractivity contribution < 1.29 is 8.97 Å². The lowest BCUT2D eigenvalue weighted by Gasteiger charge is -2.44. The van der Waals surface area contributed by atoms with Crippen molar-refractivity contribution in [3.63, 3.8) is 0 Å². The minimum atomic E-state index is 1.36. The summed E-state index contributed by atoms with van der Waals surface area (Å²) in [5.74, 6) is 0. The molecule has 0 aromatic rings. The van der Waals surface area contributed by atoms with Crippen LogP contribution in [-0.4, -0.2) is 49.0 Å². The zero-order chi connectivity index (χ0) is 6.54. The van der Waals surface area contributed by atoms with E-state index in [4.69, 9.17) is 0 Å². The maximum atomic E-state index is 2.37. The van der Waals surface area contributed by atoms with Gasteiger partial charge in [0.1, 0.15) is 13.1 Å². The third-order valence-corrected chi connectivity index (χ3v) is 3.07. The summed E-state index contributed by atoms with van der Waals surface area (Å²) in [6, 6.07) is 0. The molecular weight excluding hydrogens is 112 g/mol. The molecule has 3 aliphatic rings.